The van der Waals surface area contributed by atoms with E-state index in [4.69, 9.17) is 14.2 Å². The molecule has 0 aromatic heterocycles. The van der Waals surface area contributed by atoms with E-state index in [2.05, 4.69) is 6.58 Å². The van der Waals surface area contributed by atoms with Crippen LogP contribution >= 0.6 is 0 Å². The van der Waals surface area contributed by atoms with Crippen LogP contribution in [-0.4, -0.2) is 58.6 Å². The molecule has 6 heteroatoms. The molecule has 29 heavy (non-hydrogen) atoms. The van der Waals surface area contributed by atoms with E-state index in [1.165, 1.54) is 6.08 Å². The first-order valence-corrected chi connectivity index (χ1v) is 9.69. The lowest BCUT2D eigenvalue weighted by Gasteiger charge is -2.45. The molecule has 3 N–H and O–H groups in total. The number of benzene rings is 2. The smallest absolute Gasteiger partial charge is 0.115 e. The van der Waals surface area contributed by atoms with Crippen LogP contribution in [0.4, 0.5) is 0 Å². The number of hydrogen-bond acceptors (Lipinski definition) is 6. The van der Waals surface area contributed by atoms with Gasteiger partial charge in [-0.25, -0.2) is 0 Å². The van der Waals surface area contributed by atoms with E-state index in [0.29, 0.717) is 0 Å². The molecular formula is C23H28O6. The van der Waals surface area contributed by atoms with E-state index in [1.807, 2.05) is 60.7 Å². The average Bonchev–Trinajstić information content (AvgIpc) is 2.76. The Bertz CT molecular complexity index is 738. The summed E-state index contributed by atoms with van der Waals surface area (Å²) in [5.74, 6) is 0. The summed E-state index contributed by atoms with van der Waals surface area (Å²) < 4.78 is 17.3. The lowest BCUT2D eigenvalue weighted by molar-refractivity contribution is -0.258. The summed E-state index contributed by atoms with van der Waals surface area (Å²) in [7, 11) is 0. The highest BCUT2D eigenvalue weighted by Gasteiger charge is 2.51. The van der Waals surface area contributed by atoms with Gasteiger partial charge >= 0.3 is 0 Å². The first-order valence-electron chi connectivity index (χ1n) is 9.69. The van der Waals surface area contributed by atoms with Gasteiger partial charge in [-0.1, -0.05) is 66.7 Å². The van der Waals surface area contributed by atoms with E-state index in [0.717, 1.165) is 11.1 Å². The van der Waals surface area contributed by atoms with Gasteiger partial charge in [-0.05, 0) is 11.1 Å². The summed E-state index contributed by atoms with van der Waals surface area (Å²) in [6, 6.07) is 18.9. The molecule has 156 valence electrons. The molecule has 6 nitrogen and oxygen atoms in total. The second-order valence-electron chi connectivity index (χ2n) is 7.08. The van der Waals surface area contributed by atoms with Gasteiger partial charge in [0.15, 0.2) is 0 Å². The Kier molecular flexibility index (Phi) is 7.94. The summed E-state index contributed by atoms with van der Waals surface area (Å²) in [4.78, 5) is 0. The van der Waals surface area contributed by atoms with Crippen LogP contribution in [-0.2, 0) is 27.4 Å². The fraction of sp³-hybridized carbons (Fsp3) is 0.391. The summed E-state index contributed by atoms with van der Waals surface area (Å²) in [5.41, 5.74) is 1.82. The summed E-state index contributed by atoms with van der Waals surface area (Å²) >= 11 is 0. The Morgan fingerprint density at radius 3 is 1.62 bits per heavy atom. The van der Waals surface area contributed by atoms with E-state index >= 15 is 0 Å². The molecule has 0 unspecified atom stereocenters. The molecule has 0 saturated heterocycles. The third kappa shape index (κ3) is 5.51. The maximum absolute atomic E-state index is 10.9. The fourth-order valence-electron chi connectivity index (χ4n) is 3.46. The monoisotopic (exact) mass is 400 g/mol. The Labute approximate surface area is 171 Å². The molecule has 2 aromatic carbocycles. The minimum absolute atomic E-state index is 0.155. The number of ether oxygens (including phenoxy) is 3. The molecule has 0 heterocycles. The van der Waals surface area contributed by atoms with Crippen LogP contribution in [0.5, 0.6) is 0 Å². The van der Waals surface area contributed by atoms with Crippen molar-refractivity contribution in [2.24, 2.45) is 0 Å². The zero-order valence-corrected chi connectivity index (χ0v) is 16.2. The third-order valence-corrected chi connectivity index (χ3v) is 5.00. The highest BCUT2D eigenvalue weighted by Crippen LogP contribution is 2.29. The van der Waals surface area contributed by atoms with Crippen LogP contribution in [0.25, 0.3) is 0 Å². The minimum atomic E-state index is -1.32. The van der Waals surface area contributed by atoms with Gasteiger partial charge in [0.2, 0.25) is 0 Å². The Hall–Kier alpha value is -2.06. The lowest BCUT2D eigenvalue weighted by atomic mass is 9.84. The van der Waals surface area contributed by atoms with Gasteiger partial charge in [-0.2, -0.15) is 0 Å². The van der Waals surface area contributed by atoms with Crippen molar-refractivity contribution in [2.45, 2.75) is 49.8 Å². The summed E-state index contributed by atoms with van der Waals surface area (Å²) in [6.45, 7) is 4.18. The van der Waals surface area contributed by atoms with E-state index < -0.39 is 36.6 Å². The predicted octanol–water partition coefficient (Wildman–Crippen LogP) is 1.82. The second kappa shape index (κ2) is 10.6. The fourth-order valence-corrected chi connectivity index (χ4v) is 3.46. The molecule has 3 rings (SSSR count). The van der Waals surface area contributed by atoms with Gasteiger partial charge in [0, 0.05) is 0 Å². The molecule has 1 aliphatic rings. The van der Waals surface area contributed by atoms with Crippen molar-refractivity contribution >= 4 is 0 Å². The maximum Gasteiger partial charge on any atom is 0.115 e. The van der Waals surface area contributed by atoms with Gasteiger partial charge in [-0.15, -0.1) is 6.58 Å². The zero-order valence-electron chi connectivity index (χ0n) is 16.2. The van der Waals surface area contributed by atoms with E-state index in [-0.39, 0.29) is 19.8 Å². The van der Waals surface area contributed by atoms with Crippen LogP contribution < -0.4 is 0 Å². The first-order chi connectivity index (χ1) is 14.1. The van der Waals surface area contributed by atoms with Gasteiger partial charge in [-0.3, -0.25) is 0 Å². The Balaban J connectivity index is 1.73. The minimum Gasteiger partial charge on any atom is -0.387 e. The van der Waals surface area contributed by atoms with Crippen molar-refractivity contribution in [3.8, 4) is 0 Å². The number of aliphatic hydroxyl groups is 3. The van der Waals surface area contributed by atoms with Crippen molar-refractivity contribution in [2.75, 3.05) is 6.61 Å². The highest BCUT2D eigenvalue weighted by molar-refractivity contribution is 5.15. The van der Waals surface area contributed by atoms with Crippen LogP contribution in [0.2, 0.25) is 0 Å². The summed E-state index contributed by atoms with van der Waals surface area (Å²) in [6.07, 6.45) is -5.06. The van der Waals surface area contributed by atoms with E-state index in [9.17, 15) is 15.3 Å². The molecule has 0 amide bonds. The number of rotatable bonds is 9. The lowest BCUT2D eigenvalue weighted by Crippen LogP contribution is -2.65. The molecule has 6 atom stereocenters. The topological polar surface area (TPSA) is 88.4 Å². The molecule has 0 bridgehead atoms. The molecule has 0 aliphatic heterocycles. The second-order valence-corrected chi connectivity index (χ2v) is 7.08. The highest BCUT2D eigenvalue weighted by atomic mass is 16.6. The van der Waals surface area contributed by atoms with Crippen molar-refractivity contribution in [3.05, 3.63) is 84.4 Å². The Morgan fingerprint density at radius 1 is 0.655 bits per heavy atom. The molecule has 1 aliphatic carbocycles. The van der Waals surface area contributed by atoms with Crippen LogP contribution in [0.1, 0.15) is 11.1 Å². The molecule has 0 spiro atoms. The third-order valence-electron chi connectivity index (χ3n) is 5.00. The van der Waals surface area contributed by atoms with Gasteiger partial charge in [0.25, 0.3) is 0 Å². The normalized spacial score (nSPS) is 29.5. The largest absolute Gasteiger partial charge is 0.387 e. The van der Waals surface area contributed by atoms with Crippen LogP contribution in [0.15, 0.2) is 73.3 Å². The predicted molar refractivity (Wildman–Crippen MR) is 108 cm³/mol. The Morgan fingerprint density at radius 2 is 1.10 bits per heavy atom. The van der Waals surface area contributed by atoms with Gasteiger partial charge in [0.1, 0.15) is 36.6 Å². The van der Waals surface area contributed by atoms with Crippen molar-refractivity contribution in [1.29, 1.82) is 0 Å². The molecular weight excluding hydrogens is 372 g/mol. The van der Waals surface area contributed by atoms with Crippen LogP contribution in [0, 0.1) is 0 Å². The van der Waals surface area contributed by atoms with Crippen molar-refractivity contribution in [1.82, 2.24) is 0 Å². The van der Waals surface area contributed by atoms with Crippen molar-refractivity contribution in [3.63, 3.8) is 0 Å². The molecule has 1 fully saturated rings. The summed E-state index contributed by atoms with van der Waals surface area (Å²) in [5, 5.41) is 32.1. The van der Waals surface area contributed by atoms with E-state index in [1.54, 1.807) is 0 Å². The standard InChI is InChI=1S/C23H28O6/c1-2-13-27-22-19(25)18(24)21(28-14-16-9-5-3-6-10-16)20(26)23(22)29-15-17-11-7-4-8-12-17/h2-12,18-26H,1,13-15H2/t18-,19-,20-,21-,22+,23+/m0/s1. The van der Waals surface area contributed by atoms with Gasteiger partial charge < -0.3 is 29.5 Å². The SMILES string of the molecule is C=CCO[C@@H]1[C@@H](O)[C@H](O)[C@H](OCc2ccccc2)[C@H](O)[C@H]1OCc1ccccc1. The quantitative estimate of drug-likeness (QED) is 0.557. The average molecular weight is 400 g/mol. The van der Waals surface area contributed by atoms with Crippen molar-refractivity contribution < 1.29 is 29.5 Å². The number of aliphatic hydroxyl groups excluding tert-OH is 3. The maximum atomic E-state index is 10.9. The molecule has 1 saturated carbocycles. The zero-order chi connectivity index (χ0) is 20.6. The van der Waals surface area contributed by atoms with Crippen LogP contribution in [0.3, 0.4) is 0 Å². The van der Waals surface area contributed by atoms with Gasteiger partial charge in [0.05, 0.1) is 19.8 Å². The molecule has 2 aromatic rings. The first kappa shape index (κ1) is 21.6. The number of hydrogen-bond donors (Lipinski definition) is 3. The molecule has 0 radical (unpaired) electrons.